The SMILES string of the molecule is CSCCCNC(=O)c1csc(-c2csc(CCNC(=O)C(=O)N3C[C@@H](CCl)c4c3cc(O)c3ccccc43)n2)n1. The summed E-state index contributed by atoms with van der Waals surface area (Å²) in [6.45, 7) is 1.10. The van der Waals surface area contributed by atoms with Crippen LogP contribution in [0.2, 0.25) is 0 Å². The van der Waals surface area contributed by atoms with Gasteiger partial charge in [-0.15, -0.1) is 34.3 Å². The quantitative estimate of drug-likeness (QED) is 0.133. The zero-order valence-electron chi connectivity index (χ0n) is 22.2. The number of rotatable bonds is 10. The summed E-state index contributed by atoms with van der Waals surface area (Å²) in [5.41, 5.74) is 2.42. The molecule has 3 amide bonds. The Morgan fingerprint density at radius 2 is 1.93 bits per heavy atom. The molecule has 9 nitrogen and oxygen atoms in total. The van der Waals surface area contributed by atoms with Crippen LogP contribution in [0.15, 0.2) is 41.1 Å². The molecular formula is C28H28ClN5O4S3. The lowest BCUT2D eigenvalue weighted by atomic mass is 9.95. The van der Waals surface area contributed by atoms with Gasteiger partial charge in [-0.05, 0) is 29.4 Å². The number of aromatic hydroxyl groups is 1. The molecule has 2 aromatic heterocycles. The molecule has 0 radical (unpaired) electrons. The Morgan fingerprint density at radius 3 is 2.71 bits per heavy atom. The van der Waals surface area contributed by atoms with Gasteiger partial charge in [-0.2, -0.15) is 11.8 Å². The smallest absolute Gasteiger partial charge is 0.316 e. The molecule has 2 aromatic carbocycles. The lowest BCUT2D eigenvalue weighted by molar-refractivity contribution is -0.137. The van der Waals surface area contributed by atoms with Gasteiger partial charge in [0.1, 0.15) is 22.1 Å². The fraction of sp³-hybridized carbons (Fsp3) is 0.321. The van der Waals surface area contributed by atoms with Crippen molar-refractivity contribution in [2.24, 2.45) is 0 Å². The average molecular weight is 630 g/mol. The number of benzene rings is 2. The number of nitrogens with zero attached hydrogens (tertiary/aromatic N) is 3. The molecular weight excluding hydrogens is 602 g/mol. The van der Waals surface area contributed by atoms with Gasteiger partial charge < -0.3 is 20.6 Å². The van der Waals surface area contributed by atoms with Crippen LogP contribution in [0.3, 0.4) is 0 Å². The second-order valence-corrected chi connectivity index (χ2v) is 12.5. The molecule has 1 aliphatic heterocycles. The first-order valence-electron chi connectivity index (χ1n) is 13.0. The first kappa shape index (κ1) is 29.3. The van der Waals surface area contributed by atoms with Crippen LogP contribution in [0.4, 0.5) is 5.69 Å². The van der Waals surface area contributed by atoms with Crippen LogP contribution in [0, 0.1) is 0 Å². The number of carbonyl (C=O) groups excluding carboxylic acids is 3. The lowest BCUT2D eigenvalue weighted by Gasteiger charge is -2.17. The molecule has 41 heavy (non-hydrogen) atoms. The second-order valence-electron chi connectivity index (χ2n) is 9.41. The van der Waals surface area contributed by atoms with Crippen molar-refractivity contribution in [3.8, 4) is 16.5 Å². The minimum atomic E-state index is -0.733. The number of anilines is 1. The van der Waals surface area contributed by atoms with Crippen LogP contribution in [-0.2, 0) is 16.0 Å². The summed E-state index contributed by atoms with van der Waals surface area (Å²) in [7, 11) is 0. The third kappa shape index (κ3) is 6.35. The summed E-state index contributed by atoms with van der Waals surface area (Å²) < 4.78 is 0. The second kappa shape index (κ2) is 13.2. The van der Waals surface area contributed by atoms with E-state index >= 15 is 0 Å². The summed E-state index contributed by atoms with van der Waals surface area (Å²) in [6, 6.07) is 8.94. The van der Waals surface area contributed by atoms with Crippen molar-refractivity contribution < 1.29 is 19.5 Å². The number of halogens is 1. The van der Waals surface area contributed by atoms with Crippen LogP contribution < -0.4 is 15.5 Å². The van der Waals surface area contributed by atoms with E-state index in [9.17, 15) is 19.5 Å². The normalized spacial score (nSPS) is 14.3. The highest BCUT2D eigenvalue weighted by Crippen LogP contribution is 2.45. The number of alkyl halides is 1. The number of aromatic nitrogens is 2. The van der Waals surface area contributed by atoms with Crippen molar-refractivity contribution in [1.82, 2.24) is 20.6 Å². The summed E-state index contributed by atoms with van der Waals surface area (Å²) in [4.78, 5) is 48.7. The van der Waals surface area contributed by atoms with E-state index in [1.54, 1.807) is 17.1 Å². The summed E-state index contributed by atoms with van der Waals surface area (Å²) in [6.07, 6.45) is 3.37. The summed E-state index contributed by atoms with van der Waals surface area (Å²) in [5.74, 6) is -0.464. The third-order valence-corrected chi connectivity index (χ3v) is 9.56. The molecule has 1 atom stereocenters. The molecule has 4 aromatic rings. The van der Waals surface area contributed by atoms with E-state index in [2.05, 4.69) is 20.6 Å². The van der Waals surface area contributed by atoms with Gasteiger partial charge in [0.15, 0.2) is 0 Å². The Balaban J connectivity index is 1.18. The molecule has 0 fully saturated rings. The Labute approximate surface area is 254 Å². The maximum Gasteiger partial charge on any atom is 0.316 e. The highest BCUT2D eigenvalue weighted by Gasteiger charge is 2.36. The Morgan fingerprint density at radius 1 is 1.12 bits per heavy atom. The number of phenols is 1. The number of phenolic OH excluding ortho intramolecular Hbond substituents is 1. The number of thioether (sulfide) groups is 1. The summed E-state index contributed by atoms with van der Waals surface area (Å²) >= 11 is 10.8. The van der Waals surface area contributed by atoms with E-state index in [0.29, 0.717) is 40.4 Å². The van der Waals surface area contributed by atoms with E-state index in [-0.39, 0.29) is 36.5 Å². The van der Waals surface area contributed by atoms with E-state index in [0.717, 1.165) is 28.1 Å². The largest absolute Gasteiger partial charge is 0.507 e. The van der Waals surface area contributed by atoms with E-state index in [4.69, 9.17) is 11.6 Å². The highest BCUT2D eigenvalue weighted by molar-refractivity contribution is 7.98. The van der Waals surface area contributed by atoms with Crippen LogP contribution in [0.1, 0.15) is 33.4 Å². The lowest BCUT2D eigenvalue weighted by Crippen LogP contribution is -2.43. The van der Waals surface area contributed by atoms with Gasteiger partial charge in [0, 0.05) is 60.1 Å². The van der Waals surface area contributed by atoms with E-state index in [1.165, 1.54) is 33.6 Å². The van der Waals surface area contributed by atoms with Gasteiger partial charge in [0.2, 0.25) is 0 Å². The fourth-order valence-corrected chi connectivity index (χ4v) is 7.06. The fourth-order valence-electron chi connectivity index (χ4n) is 4.75. The van der Waals surface area contributed by atoms with Crippen molar-refractivity contribution in [1.29, 1.82) is 0 Å². The van der Waals surface area contributed by atoms with Gasteiger partial charge in [0.05, 0.1) is 10.7 Å². The number of nitrogens with one attached hydrogen (secondary N) is 2. The number of hydrogen-bond acceptors (Lipinski definition) is 9. The molecule has 3 N–H and O–H groups in total. The molecule has 0 spiro atoms. The molecule has 3 heterocycles. The Hall–Kier alpha value is -3.19. The molecule has 13 heteroatoms. The molecule has 5 rings (SSSR count). The number of carbonyl (C=O) groups is 3. The zero-order valence-corrected chi connectivity index (χ0v) is 25.4. The van der Waals surface area contributed by atoms with Crippen LogP contribution >= 0.6 is 46.0 Å². The third-order valence-electron chi connectivity index (χ3n) is 6.71. The van der Waals surface area contributed by atoms with Crippen molar-refractivity contribution in [3.05, 3.63) is 57.4 Å². The molecule has 0 saturated carbocycles. The van der Waals surface area contributed by atoms with E-state index < -0.39 is 11.8 Å². The zero-order chi connectivity index (χ0) is 28.9. The van der Waals surface area contributed by atoms with Gasteiger partial charge in [0.25, 0.3) is 5.91 Å². The van der Waals surface area contributed by atoms with Crippen molar-refractivity contribution in [3.63, 3.8) is 0 Å². The Kier molecular flexibility index (Phi) is 9.43. The first-order chi connectivity index (χ1) is 19.9. The van der Waals surface area contributed by atoms with Gasteiger partial charge in [-0.1, -0.05) is 24.3 Å². The number of amides is 3. The summed E-state index contributed by atoms with van der Waals surface area (Å²) in [5, 5.41) is 22.7. The molecule has 0 saturated heterocycles. The van der Waals surface area contributed by atoms with Crippen LogP contribution in [-0.4, -0.2) is 70.3 Å². The molecule has 0 unspecified atom stereocenters. The number of fused-ring (bicyclic) bond motifs is 3. The maximum absolute atomic E-state index is 13.1. The predicted molar refractivity (Wildman–Crippen MR) is 167 cm³/mol. The van der Waals surface area contributed by atoms with Gasteiger partial charge in [-0.3, -0.25) is 14.4 Å². The number of hydrogen-bond donors (Lipinski definition) is 3. The molecule has 0 bridgehead atoms. The highest BCUT2D eigenvalue weighted by atomic mass is 35.5. The number of thiazole rings is 2. The van der Waals surface area contributed by atoms with Crippen molar-refractivity contribution in [2.75, 3.05) is 42.4 Å². The Bertz CT molecular complexity index is 1590. The standard InChI is InChI=1S/C28H28ClN5O4S3/c1-39-10-4-8-30-25(36)19-14-41-27(33-19)20-15-40-23(32-20)7-9-31-26(37)28(38)34-13-16(12-29)24-18-6-3-2-5-17(18)22(35)11-21(24)34/h2-3,5-6,11,14-16,35H,4,7-10,12-13H2,1H3,(H,30,36)(H,31,37)/t16-/m1/s1. The van der Waals surface area contributed by atoms with Crippen LogP contribution in [0.25, 0.3) is 21.5 Å². The molecule has 0 aliphatic carbocycles. The average Bonchev–Trinajstić information content (AvgIpc) is 3.74. The predicted octanol–water partition coefficient (Wildman–Crippen LogP) is 4.64. The topological polar surface area (TPSA) is 125 Å². The van der Waals surface area contributed by atoms with E-state index in [1.807, 2.05) is 35.9 Å². The molecule has 1 aliphatic rings. The van der Waals surface area contributed by atoms with Gasteiger partial charge >= 0.3 is 11.8 Å². The van der Waals surface area contributed by atoms with Crippen molar-refractivity contribution >= 4 is 80.2 Å². The maximum atomic E-state index is 13.1. The van der Waals surface area contributed by atoms with Crippen LogP contribution in [0.5, 0.6) is 5.75 Å². The van der Waals surface area contributed by atoms with Crippen molar-refractivity contribution in [2.45, 2.75) is 18.8 Å². The monoisotopic (exact) mass is 629 g/mol. The minimum absolute atomic E-state index is 0.0477. The molecule has 214 valence electrons. The first-order valence-corrected chi connectivity index (χ1v) is 16.7. The minimum Gasteiger partial charge on any atom is -0.507 e. The van der Waals surface area contributed by atoms with Gasteiger partial charge in [-0.25, -0.2) is 9.97 Å².